The molecule has 0 saturated carbocycles. The molecule has 0 aliphatic carbocycles. The van der Waals surface area contributed by atoms with E-state index in [2.05, 4.69) is 0 Å². The first kappa shape index (κ1) is 11.2. The molecule has 0 heterocycles. The maximum Gasteiger partial charge on any atom is 0.488 e. The van der Waals surface area contributed by atoms with Crippen molar-refractivity contribution in [2.24, 2.45) is 5.73 Å². The quantitative estimate of drug-likeness (QED) is 0.523. The van der Waals surface area contributed by atoms with Gasteiger partial charge in [0.25, 0.3) is 0 Å². The van der Waals surface area contributed by atoms with Crippen molar-refractivity contribution < 1.29 is 12.9 Å². The molecule has 2 N–H and O–H groups in total. The molecule has 0 aliphatic rings. The van der Waals surface area contributed by atoms with Gasteiger partial charge < -0.3 is 18.7 Å². The minimum absolute atomic E-state index is 0.00299. The lowest BCUT2D eigenvalue weighted by Crippen LogP contribution is -2.21. The Labute approximate surface area is 69.0 Å². The van der Waals surface area contributed by atoms with Crippen LogP contribution >= 0.6 is 11.8 Å². The number of thioether (sulfide) groups is 1. The lowest BCUT2D eigenvalue weighted by Gasteiger charge is -2.12. The van der Waals surface area contributed by atoms with Crippen LogP contribution in [0.5, 0.6) is 0 Å². The fourth-order valence-electron chi connectivity index (χ4n) is 0.486. The molecule has 0 saturated heterocycles. The van der Waals surface area contributed by atoms with Gasteiger partial charge in [0.2, 0.25) is 0 Å². The average Bonchev–Trinajstić information content (AvgIpc) is 1.78. The largest absolute Gasteiger partial charge is 0.488 e. The van der Waals surface area contributed by atoms with E-state index in [-0.39, 0.29) is 6.04 Å². The van der Waals surface area contributed by atoms with Crippen molar-refractivity contribution in [3.63, 3.8) is 0 Å². The van der Waals surface area contributed by atoms with Crippen molar-refractivity contribution in [1.82, 2.24) is 0 Å². The van der Waals surface area contributed by atoms with Crippen molar-refractivity contribution in [1.29, 1.82) is 0 Å². The Bertz CT molecular complexity index is 106. The van der Waals surface area contributed by atoms with Gasteiger partial charge in [0.1, 0.15) is 0 Å². The SMILES string of the molecule is CC(N)CCSC[B-](F)(F)F. The maximum atomic E-state index is 11.6. The first-order valence-corrected chi connectivity index (χ1v) is 4.61. The number of hydrogen-bond donors (Lipinski definition) is 1. The molecule has 1 nitrogen and oxygen atoms in total. The Morgan fingerprint density at radius 1 is 1.45 bits per heavy atom. The van der Waals surface area contributed by atoms with Crippen LogP contribution in [-0.2, 0) is 0 Å². The molecule has 0 amide bonds. The average molecular weight is 186 g/mol. The van der Waals surface area contributed by atoms with Crippen molar-refractivity contribution in [3.8, 4) is 0 Å². The summed E-state index contributed by atoms with van der Waals surface area (Å²) < 4.78 is 34.8. The van der Waals surface area contributed by atoms with Crippen LogP contribution in [0.25, 0.3) is 0 Å². The minimum Gasteiger partial charge on any atom is -0.448 e. The van der Waals surface area contributed by atoms with Gasteiger partial charge in [0, 0.05) is 6.04 Å². The number of rotatable bonds is 5. The van der Waals surface area contributed by atoms with Gasteiger partial charge in [-0.05, 0) is 24.7 Å². The highest BCUT2D eigenvalue weighted by Gasteiger charge is 2.21. The van der Waals surface area contributed by atoms with Gasteiger partial charge in [-0.15, -0.1) is 0 Å². The summed E-state index contributed by atoms with van der Waals surface area (Å²) >= 11 is 0.911. The molecule has 0 aromatic heterocycles. The Morgan fingerprint density at radius 3 is 2.36 bits per heavy atom. The van der Waals surface area contributed by atoms with Gasteiger partial charge in [0.05, 0.1) is 0 Å². The summed E-state index contributed by atoms with van der Waals surface area (Å²) in [6, 6.07) is 0.00299. The molecule has 0 rings (SSSR count). The highest BCUT2D eigenvalue weighted by Crippen LogP contribution is 2.16. The fourth-order valence-corrected chi connectivity index (χ4v) is 1.46. The number of nitrogens with two attached hydrogens (primary N) is 1. The summed E-state index contributed by atoms with van der Waals surface area (Å²) in [6.45, 7) is -2.82. The second kappa shape index (κ2) is 4.93. The van der Waals surface area contributed by atoms with Gasteiger partial charge in [-0.1, -0.05) is 0 Å². The summed E-state index contributed by atoms with van der Waals surface area (Å²) in [5, 5.41) is 0. The van der Waals surface area contributed by atoms with Crippen LogP contribution in [0.2, 0.25) is 0 Å². The van der Waals surface area contributed by atoms with Crippen LogP contribution < -0.4 is 5.73 Å². The first-order valence-electron chi connectivity index (χ1n) is 3.46. The van der Waals surface area contributed by atoms with Gasteiger partial charge >= 0.3 is 6.98 Å². The molecule has 1 atom stereocenters. The predicted molar refractivity (Wildman–Crippen MR) is 44.7 cm³/mol. The topological polar surface area (TPSA) is 26.0 Å². The molecular weight excluding hydrogens is 174 g/mol. The van der Waals surface area contributed by atoms with Crippen LogP contribution in [0.15, 0.2) is 0 Å². The smallest absolute Gasteiger partial charge is 0.448 e. The molecule has 0 bridgehead atoms. The number of hydrogen-bond acceptors (Lipinski definition) is 2. The summed E-state index contributed by atoms with van der Waals surface area (Å²) in [5.41, 5.74) is 4.65. The van der Waals surface area contributed by atoms with E-state index >= 15 is 0 Å². The molecule has 1 unspecified atom stereocenters. The summed E-state index contributed by atoms with van der Waals surface area (Å²) in [4.78, 5) is 0. The standard InChI is InChI=1S/C5H12BF3NS/c1-5(10)2-3-11-4-6(7,8)9/h5H,2-4,10H2,1H3/q-1. The minimum atomic E-state index is -4.61. The fraction of sp³-hybridized carbons (Fsp3) is 1.00. The number of halogens is 3. The molecule has 68 valence electrons. The molecule has 6 heteroatoms. The zero-order valence-corrected chi connectivity index (χ0v) is 7.21. The molecule has 11 heavy (non-hydrogen) atoms. The van der Waals surface area contributed by atoms with E-state index in [1.54, 1.807) is 6.92 Å². The third-order valence-electron chi connectivity index (χ3n) is 1.02. The van der Waals surface area contributed by atoms with Crippen LogP contribution in [-0.4, -0.2) is 24.4 Å². The Kier molecular flexibility index (Phi) is 5.00. The van der Waals surface area contributed by atoms with Crippen LogP contribution in [0.4, 0.5) is 12.9 Å². The third kappa shape index (κ3) is 10.2. The Morgan fingerprint density at radius 2 is 2.00 bits per heavy atom. The normalized spacial score (nSPS) is 15.0. The lowest BCUT2D eigenvalue weighted by molar-refractivity contribution is 0.485. The first-order chi connectivity index (χ1) is 4.92. The van der Waals surface area contributed by atoms with Crippen molar-refractivity contribution in [2.75, 3.05) is 11.4 Å². The molecular formula is C5H12BF3NS-. The maximum absolute atomic E-state index is 11.6. The predicted octanol–water partition coefficient (Wildman–Crippen LogP) is 1.84. The van der Waals surface area contributed by atoms with Crippen LogP contribution in [0.1, 0.15) is 13.3 Å². The monoisotopic (exact) mass is 186 g/mol. The molecule has 0 aliphatic heterocycles. The molecule has 0 radical (unpaired) electrons. The van der Waals surface area contributed by atoms with Crippen molar-refractivity contribution >= 4 is 18.7 Å². The van der Waals surface area contributed by atoms with Crippen molar-refractivity contribution in [3.05, 3.63) is 0 Å². The van der Waals surface area contributed by atoms with Crippen LogP contribution in [0, 0.1) is 0 Å². The van der Waals surface area contributed by atoms with E-state index in [9.17, 15) is 12.9 Å². The molecule has 0 spiro atoms. The van der Waals surface area contributed by atoms with Gasteiger partial charge in [-0.3, -0.25) is 0 Å². The molecule has 0 aromatic rings. The lowest BCUT2D eigenvalue weighted by atomic mass is 9.98. The highest BCUT2D eigenvalue weighted by atomic mass is 32.2. The van der Waals surface area contributed by atoms with E-state index in [0.29, 0.717) is 12.2 Å². The van der Waals surface area contributed by atoms with Gasteiger partial charge in [-0.25, -0.2) is 0 Å². The summed E-state index contributed by atoms with van der Waals surface area (Å²) in [7, 11) is 0. The highest BCUT2D eigenvalue weighted by molar-refractivity contribution is 8.00. The third-order valence-corrected chi connectivity index (χ3v) is 2.16. The van der Waals surface area contributed by atoms with E-state index in [1.165, 1.54) is 0 Å². The second-order valence-corrected chi connectivity index (χ2v) is 3.70. The van der Waals surface area contributed by atoms with E-state index in [4.69, 9.17) is 5.73 Å². The van der Waals surface area contributed by atoms with Crippen molar-refractivity contribution in [2.45, 2.75) is 19.4 Å². The van der Waals surface area contributed by atoms with E-state index in [1.807, 2.05) is 0 Å². The van der Waals surface area contributed by atoms with Gasteiger partial charge in [0.15, 0.2) is 0 Å². The van der Waals surface area contributed by atoms with Gasteiger partial charge in [-0.2, -0.15) is 11.8 Å². The van der Waals surface area contributed by atoms with E-state index < -0.39 is 12.6 Å². The zero-order valence-electron chi connectivity index (χ0n) is 6.40. The van der Waals surface area contributed by atoms with Crippen LogP contribution in [0.3, 0.4) is 0 Å². The summed E-state index contributed by atoms with van der Waals surface area (Å²) in [6.07, 6.45) is 0.650. The zero-order chi connectivity index (χ0) is 8.91. The van der Waals surface area contributed by atoms with E-state index in [0.717, 1.165) is 11.8 Å². The molecule has 0 aromatic carbocycles. The molecule has 0 fully saturated rings. The Hall–Kier alpha value is 0.165. The second-order valence-electron chi connectivity index (χ2n) is 2.55. The summed E-state index contributed by atoms with van der Waals surface area (Å²) in [5.74, 6) is 0.499. The Balaban J connectivity index is 3.15.